The van der Waals surface area contributed by atoms with Crippen molar-refractivity contribution in [2.24, 2.45) is 0 Å². The summed E-state index contributed by atoms with van der Waals surface area (Å²) in [7, 11) is 1.52. The average molecular weight is 226 g/mol. The number of benzene rings is 1. The fourth-order valence-electron chi connectivity index (χ4n) is 0.842. The first-order valence-corrected chi connectivity index (χ1v) is 4.45. The van der Waals surface area contributed by atoms with Gasteiger partial charge in [-0.2, -0.15) is 0 Å². The van der Waals surface area contributed by atoms with Crippen LogP contribution in [0, 0.1) is 0 Å². The van der Waals surface area contributed by atoms with Gasteiger partial charge in [0.05, 0.1) is 0 Å². The smallest absolute Gasteiger partial charge is 0.156 e. The second-order valence-electron chi connectivity index (χ2n) is 2.25. The minimum atomic E-state index is -0.499. The van der Waals surface area contributed by atoms with Crippen molar-refractivity contribution in [3.05, 3.63) is 33.8 Å². The summed E-state index contributed by atoms with van der Waals surface area (Å²) < 4.78 is 4.89. The third-order valence-corrected chi connectivity index (χ3v) is 2.22. The van der Waals surface area contributed by atoms with Crippen molar-refractivity contribution in [2.45, 2.75) is 5.56 Å². The van der Waals surface area contributed by atoms with Crippen molar-refractivity contribution >= 4 is 34.8 Å². The molecule has 0 fully saturated rings. The standard InChI is InChI=1S/C8H7Cl3O/c1-12-8(11)5-2-6(9)4-7(10)3-5/h2-4,8H,1H3. The number of hydrogen-bond donors (Lipinski definition) is 0. The molecule has 1 nitrogen and oxygen atoms in total. The molecule has 4 heteroatoms. The van der Waals surface area contributed by atoms with Gasteiger partial charge >= 0.3 is 0 Å². The summed E-state index contributed by atoms with van der Waals surface area (Å²) >= 11 is 17.3. The van der Waals surface area contributed by atoms with Gasteiger partial charge < -0.3 is 4.74 Å². The molecule has 0 aliphatic carbocycles. The molecule has 66 valence electrons. The zero-order valence-electron chi connectivity index (χ0n) is 6.35. The van der Waals surface area contributed by atoms with Crippen LogP contribution in [0.25, 0.3) is 0 Å². The first-order chi connectivity index (χ1) is 5.63. The van der Waals surface area contributed by atoms with E-state index in [4.69, 9.17) is 39.5 Å². The molecule has 0 aliphatic rings. The van der Waals surface area contributed by atoms with Gasteiger partial charge in [0.25, 0.3) is 0 Å². The quantitative estimate of drug-likeness (QED) is 0.694. The van der Waals surface area contributed by atoms with Gasteiger partial charge in [0.2, 0.25) is 0 Å². The summed E-state index contributed by atoms with van der Waals surface area (Å²) in [5, 5.41) is 1.11. The van der Waals surface area contributed by atoms with Gasteiger partial charge in [-0.05, 0) is 23.8 Å². The van der Waals surface area contributed by atoms with Crippen LogP contribution in [0.15, 0.2) is 18.2 Å². The van der Waals surface area contributed by atoms with Crippen molar-refractivity contribution in [2.75, 3.05) is 7.11 Å². The summed E-state index contributed by atoms with van der Waals surface area (Å²) in [6, 6.07) is 5.08. The molecular formula is C8H7Cl3O. The maximum absolute atomic E-state index is 5.80. The molecule has 0 aromatic heterocycles. The third-order valence-electron chi connectivity index (χ3n) is 1.35. The maximum atomic E-state index is 5.80. The minimum absolute atomic E-state index is 0.499. The number of halogens is 3. The highest BCUT2D eigenvalue weighted by Crippen LogP contribution is 2.27. The molecule has 1 rings (SSSR count). The molecule has 1 aromatic rings. The summed E-state index contributed by atoms with van der Waals surface area (Å²) in [5.41, 5.74) is 0.262. The van der Waals surface area contributed by atoms with Crippen LogP contribution < -0.4 is 0 Å². The highest BCUT2D eigenvalue weighted by molar-refractivity contribution is 6.34. The molecule has 12 heavy (non-hydrogen) atoms. The van der Waals surface area contributed by atoms with E-state index < -0.39 is 5.56 Å². The van der Waals surface area contributed by atoms with Crippen LogP contribution >= 0.6 is 34.8 Å². The Labute approximate surface area is 86.2 Å². The predicted molar refractivity (Wildman–Crippen MR) is 52.1 cm³/mol. The molecule has 1 unspecified atom stereocenters. The first-order valence-electron chi connectivity index (χ1n) is 3.26. The van der Waals surface area contributed by atoms with E-state index in [2.05, 4.69) is 0 Å². The molecule has 0 amide bonds. The second-order valence-corrected chi connectivity index (χ2v) is 3.52. The number of alkyl halides is 1. The van der Waals surface area contributed by atoms with Gasteiger partial charge in [0.15, 0.2) is 5.56 Å². The van der Waals surface area contributed by atoms with E-state index in [1.165, 1.54) is 7.11 Å². The van der Waals surface area contributed by atoms with Gasteiger partial charge in [-0.1, -0.05) is 34.8 Å². The Morgan fingerprint density at radius 1 is 1.17 bits per heavy atom. The summed E-state index contributed by atoms with van der Waals surface area (Å²) in [6.45, 7) is 0. The monoisotopic (exact) mass is 224 g/mol. The lowest BCUT2D eigenvalue weighted by molar-refractivity contribution is 0.170. The van der Waals surface area contributed by atoms with Gasteiger partial charge in [-0.15, -0.1) is 0 Å². The molecule has 0 saturated heterocycles. The average Bonchev–Trinajstić information content (AvgIpc) is 2.01. The fourth-order valence-corrected chi connectivity index (χ4v) is 1.51. The molecule has 0 saturated carbocycles. The molecule has 0 spiro atoms. The lowest BCUT2D eigenvalue weighted by Crippen LogP contribution is -1.92. The Kier molecular flexibility index (Phi) is 3.66. The van der Waals surface area contributed by atoms with E-state index in [1.807, 2.05) is 0 Å². The second kappa shape index (κ2) is 4.33. The Morgan fingerprint density at radius 3 is 2.08 bits per heavy atom. The molecular weight excluding hydrogens is 218 g/mol. The van der Waals surface area contributed by atoms with Crippen LogP contribution in [0.4, 0.5) is 0 Å². The van der Waals surface area contributed by atoms with Crippen molar-refractivity contribution in [1.82, 2.24) is 0 Å². The molecule has 0 bridgehead atoms. The van der Waals surface area contributed by atoms with Gasteiger partial charge in [-0.3, -0.25) is 0 Å². The summed E-state index contributed by atoms with van der Waals surface area (Å²) in [6.07, 6.45) is 0. The van der Waals surface area contributed by atoms with E-state index in [0.717, 1.165) is 5.56 Å². The van der Waals surface area contributed by atoms with Crippen molar-refractivity contribution < 1.29 is 4.74 Å². The SMILES string of the molecule is COC(Cl)c1cc(Cl)cc(Cl)c1. The Hall–Kier alpha value is 0.0500. The topological polar surface area (TPSA) is 9.23 Å². The normalized spacial score (nSPS) is 13.0. The Morgan fingerprint density at radius 2 is 1.67 bits per heavy atom. The highest BCUT2D eigenvalue weighted by atomic mass is 35.5. The zero-order valence-corrected chi connectivity index (χ0v) is 8.62. The number of ether oxygens (including phenoxy) is 1. The molecule has 0 aliphatic heterocycles. The Balaban J connectivity index is 3.00. The van der Waals surface area contributed by atoms with E-state index in [1.54, 1.807) is 18.2 Å². The molecule has 0 heterocycles. The molecule has 0 radical (unpaired) electrons. The van der Waals surface area contributed by atoms with Crippen molar-refractivity contribution in [3.8, 4) is 0 Å². The minimum Gasteiger partial charge on any atom is -0.361 e. The van der Waals surface area contributed by atoms with E-state index in [-0.39, 0.29) is 0 Å². The molecule has 0 N–H and O–H groups in total. The fraction of sp³-hybridized carbons (Fsp3) is 0.250. The highest BCUT2D eigenvalue weighted by Gasteiger charge is 2.07. The first kappa shape index (κ1) is 10.1. The van der Waals surface area contributed by atoms with E-state index in [9.17, 15) is 0 Å². The van der Waals surface area contributed by atoms with Crippen LogP contribution in [0.3, 0.4) is 0 Å². The lowest BCUT2D eigenvalue weighted by atomic mass is 10.2. The largest absolute Gasteiger partial charge is 0.361 e. The van der Waals surface area contributed by atoms with Crippen LogP contribution in [0.5, 0.6) is 0 Å². The van der Waals surface area contributed by atoms with Crippen molar-refractivity contribution in [3.63, 3.8) is 0 Å². The number of rotatable bonds is 2. The lowest BCUT2D eigenvalue weighted by Gasteiger charge is -2.07. The number of methoxy groups -OCH3 is 1. The third kappa shape index (κ3) is 2.53. The maximum Gasteiger partial charge on any atom is 0.156 e. The van der Waals surface area contributed by atoms with Crippen molar-refractivity contribution in [1.29, 1.82) is 0 Å². The van der Waals surface area contributed by atoms with Crippen LogP contribution in [-0.4, -0.2) is 7.11 Å². The van der Waals surface area contributed by atoms with E-state index in [0.29, 0.717) is 10.0 Å². The van der Waals surface area contributed by atoms with Gasteiger partial charge in [-0.25, -0.2) is 0 Å². The summed E-state index contributed by atoms with van der Waals surface area (Å²) in [5.74, 6) is 0. The zero-order chi connectivity index (χ0) is 9.14. The van der Waals surface area contributed by atoms with Gasteiger partial charge in [0.1, 0.15) is 0 Å². The van der Waals surface area contributed by atoms with Crippen LogP contribution in [0.1, 0.15) is 11.1 Å². The molecule has 1 atom stereocenters. The predicted octanol–water partition coefficient (Wildman–Crippen LogP) is 3.88. The van der Waals surface area contributed by atoms with Crippen LogP contribution in [0.2, 0.25) is 10.0 Å². The Bertz CT molecular complexity index is 255. The number of hydrogen-bond acceptors (Lipinski definition) is 1. The van der Waals surface area contributed by atoms with E-state index >= 15 is 0 Å². The van der Waals surface area contributed by atoms with Crippen LogP contribution in [-0.2, 0) is 4.74 Å². The van der Waals surface area contributed by atoms with Gasteiger partial charge in [0, 0.05) is 17.2 Å². The summed E-state index contributed by atoms with van der Waals surface area (Å²) in [4.78, 5) is 0. The molecule has 1 aromatic carbocycles.